The molecule has 10 heteroatoms. The number of hydrogen-bond acceptors (Lipinski definition) is 8. The van der Waals surface area contributed by atoms with E-state index in [0.29, 0.717) is 45.8 Å². The van der Waals surface area contributed by atoms with Crippen LogP contribution in [0.4, 0.5) is 5.82 Å². The first-order valence-electron chi connectivity index (χ1n) is 10.6. The van der Waals surface area contributed by atoms with Gasteiger partial charge in [-0.15, -0.1) is 0 Å². The quantitative estimate of drug-likeness (QED) is 0.359. The molecule has 2 aromatic rings. The molecule has 0 atom stereocenters. The smallest absolute Gasteiger partial charge is 0.267 e. The average Bonchev–Trinajstić information content (AvgIpc) is 3.04. The topological polar surface area (TPSA) is 70.4 Å². The van der Waals surface area contributed by atoms with Crippen molar-refractivity contribution in [3.05, 3.63) is 44.7 Å². The first-order valence-corrected chi connectivity index (χ1v) is 11.8. The Morgan fingerprint density at radius 2 is 1.97 bits per heavy atom. The highest BCUT2D eigenvalue weighted by atomic mass is 32.2. The lowest BCUT2D eigenvalue weighted by atomic mass is 10.2. The molecule has 8 nitrogen and oxygen atoms in total. The van der Waals surface area contributed by atoms with Gasteiger partial charge in [-0.3, -0.25) is 18.9 Å². The van der Waals surface area contributed by atoms with Gasteiger partial charge in [-0.25, -0.2) is 4.98 Å². The number of hydrogen-bond donors (Lipinski definition) is 0. The van der Waals surface area contributed by atoms with Crippen LogP contribution in [0, 0.1) is 6.92 Å². The van der Waals surface area contributed by atoms with Gasteiger partial charge in [-0.2, -0.15) is 0 Å². The van der Waals surface area contributed by atoms with Gasteiger partial charge in [0.2, 0.25) is 0 Å². The van der Waals surface area contributed by atoms with Crippen molar-refractivity contribution in [2.75, 3.05) is 58.4 Å². The normalized spacial score (nSPS) is 19.0. The third kappa shape index (κ3) is 4.59. The average molecular weight is 474 g/mol. The number of thioether (sulfide) groups is 1. The zero-order valence-electron chi connectivity index (χ0n) is 18.5. The van der Waals surface area contributed by atoms with Gasteiger partial charge in [0, 0.05) is 52.6 Å². The van der Waals surface area contributed by atoms with E-state index in [1.54, 1.807) is 28.7 Å². The van der Waals surface area contributed by atoms with Gasteiger partial charge < -0.3 is 14.5 Å². The molecule has 170 valence electrons. The minimum absolute atomic E-state index is 0.172. The maximum Gasteiger partial charge on any atom is 0.267 e. The number of piperazine rings is 1. The molecule has 4 rings (SSSR count). The number of likely N-dealkylation sites (N-methyl/N-ethyl adjacent to an activating group) is 1. The number of aryl methyl sites for hydroxylation is 1. The van der Waals surface area contributed by atoms with Crippen molar-refractivity contribution in [3.63, 3.8) is 0 Å². The third-order valence-corrected chi connectivity index (χ3v) is 7.05. The number of pyridine rings is 1. The van der Waals surface area contributed by atoms with E-state index in [-0.39, 0.29) is 11.5 Å². The lowest BCUT2D eigenvalue weighted by molar-refractivity contribution is -0.122. The summed E-state index contributed by atoms with van der Waals surface area (Å²) in [5.74, 6) is 0.450. The molecule has 2 saturated heterocycles. The minimum atomic E-state index is -0.183. The summed E-state index contributed by atoms with van der Waals surface area (Å²) in [4.78, 5) is 37.8. The number of thiocarbonyl (C=S) groups is 1. The van der Waals surface area contributed by atoms with Gasteiger partial charge in [-0.1, -0.05) is 30.0 Å². The van der Waals surface area contributed by atoms with Gasteiger partial charge in [0.25, 0.3) is 11.5 Å². The van der Waals surface area contributed by atoms with E-state index in [1.807, 2.05) is 19.1 Å². The molecule has 32 heavy (non-hydrogen) atoms. The molecule has 0 bridgehead atoms. The van der Waals surface area contributed by atoms with Crippen molar-refractivity contribution in [2.45, 2.75) is 13.3 Å². The Balaban J connectivity index is 1.77. The summed E-state index contributed by atoms with van der Waals surface area (Å²) in [7, 11) is 3.71. The van der Waals surface area contributed by atoms with Crippen molar-refractivity contribution >= 4 is 51.7 Å². The van der Waals surface area contributed by atoms with Crippen LogP contribution < -0.4 is 10.5 Å². The zero-order valence-corrected chi connectivity index (χ0v) is 20.2. The van der Waals surface area contributed by atoms with Crippen LogP contribution >= 0.6 is 24.0 Å². The van der Waals surface area contributed by atoms with E-state index in [4.69, 9.17) is 21.9 Å². The number of ether oxygens (including phenoxy) is 1. The van der Waals surface area contributed by atoms with Gasteiger partial charge in [0.05, 0.1) is 10.5 Å². The molecular weight excluding hydrogens is 446 g/mol. The van der Waals surface area contributed by atoms with Crippen molar-refractivity contribution < 1.29 is 9.53 Å². The Morgan fingerprint density at radius 1 is 1.22 bits per heavy atom. The predicted molar refractivity (Wildman–Crippen MR) is 132 cm³/mol. The molecule has 0 radical (unpaired) electrons. The van der Waals surface area contributed by atoms with Gasteiger partial charge in [0.1, 0.15) is 15.8 Å². The Hall–Kier alpha value is -2.27. The number of methoxy groups -OCH3 is 1. The van der Waals surface area contributed by atoms with Crippen LogP contribution in [0.15, 0.2) is 28.0 Å². The standard InChI is InChI=1S/C22H27N5O3S2/c1-15-5-6-18-23-19(25-10-8-24(2)9-11-25)16(20(28)27(18)14-15)13-17-21(29)26(22(31)32-17)7-4-12-30-3/h5-6,13-14H,4,7-12H2,1-3H3/b17-13+. The highest BCUT2D eigenvalue weighted by molar-refractivity contribution is 8.26. The van der Waals surface area contributed by atoms with Crippen LogP contribution in [0.3, 0.4) is 0 Å². The fraction of sp³-hybridized carbons (Fsp3) is 0.455. The lowest BCUT2D eigenvalue weighted by Gasteiger charge is -2.34. The molecule has 0 aliphatic carbocycles. The highest BCUT2D eigenvalue weighted by Crippen LogP contribution is 2.33. The summed E-state index contributed by atoms with van der Waals surface area (Å²) in [5, 5.41) is 0. The molecule has 0 aromatic carbocycles. The molecule has 2 aliphatic rings. The highest BCUT2D eigenvalue weighted by Gasteiger charge is 2.32. The van der Waals surface area contributed by atoms with Gasteiger partial charge >= 0.3 is 0 Å². The number of rotatable bonds is 6. The van der Waals surface area contributed by atoms with Crippen molar-refractivity contribution in [1.82, 2.24) is 19.2 Å². The molecule has 1 amide bonds. The second kappa shape index (κ2) is 9.70. The number of fused-ring (bicyclic) bond motifs is 1. The van der Waals surface area contributed by atoms with E-state index in [0.717, 1.165) is 31.7 Å². The van der Waals surface area contributed by atoms with Crippen molar-refractivity contribution in [3.8, 4) is 0 Å². The largest absolute Gasteiger partial charge is 0.385 e. The molecule has 0 unspecified atom stereocenters. The van der Waals surface area contributed by atoms with Gasteiger partial charge in [-0.05, 0) is 38.1 Å². The molecule has 2 aromatic heterocycles. The molecule has 4 heterocycles. The van der Waals surface area contributed by atoms with Gasteiger partial charge in [0.15, 0.2) is 0 Å². The Morgan fingerprint density at radius 3 is 2.69 bits per heavy atom. The van der Waals surface area contributed by atoms with E-state index < -0.39 is 0 Å². The number of aromatic nitrogens is 2. The summed E-state index contributed by atoms with van der Waals surface area (Å²) >= 11 is 6.66. The molecule has 0 saturated carbocycles. The maximum absolute atomic E-state index is 13.5. The predicted octanol–water partition coefficient (Wildman–Crippen LogP) is 1.99. The van der Waals surface area contributed by atoms with E-state index in [2.05, 4.69) is 16.8 Å². The Labute approximate surface area is 196 Å². The first-order chi connectivity index (χ1) is 15.4. The Bertz CT molecular complexity index is 1140. The molecule has 0 N–H and O–H groups in total. The lowest BCUT2D eigenvalue weighted by Crippen LogP contribution is -2.45. The molecule has 2 aliphatic heterocycles. The summed E-state index contributed by atoms with van der Waals surface area (Å²) in [6.07, 6.45) is 4.15. The number of carbonyl (C=O) groups is 1. The SMILES string of the molecule is COCCCN1C(=O)/C(=C\c2c(N3CCN(C)CC3)nc3ccc(C)cn3c2=O)SC1=S. The summed E-state index contributed by atoms with van der Waals surface area (Å²) in [6.45, 7) is 6.29. The first kappa shape index (κ1) is 22.9. The number of nitrogens with zero attached hydrogens (tertiary/aromatic N) is 5. The number of amides is 1. The van der Waals surface area contributed by atoms with Crippen molar-refractivity contribution in [1.29, 1.82) is 0 Å². The molecular formula is C22H27N5O3S2. The van der Waals surface area contributed by atoms with Crippen LogP contribution in [-0.4, -0.2) is 82.9 Å². The van der Waals surface area contributed by atoms with Crippen LogP contribution in [0.5, 0.6) is 0 Å². The molecule has 2 fully saturated rings. The minimum Gasteiger partial charge on any atom is -0.385 e. The number of carbonyl (C=O) groups excluding carboxylic acids is 1. The fourth-order valence-corrected chi connectivity index (χ4v) is 5.11. The Kier molecular flexibility index (Phi) is 6.94. The fourth-order valence-electron chi connectivity index (χ4n) is 3.82. The van der Waals surface area contributed by atoms with Crippen LogP contribution in [-0.2, 0) is 9.53 Å². The van der Waals surface area contributed by atoms with Crippen LogP contribution in [0.1, 0.15) is 17.5 Å². The second-order valence-electron chi connectivity index (χ2n) is 8.06. The maximum atomic E-state index is 13.5. The summed E-state index contributed by atoms with van der Waals surface area (Å²) in [5.41, 5.74) is 1.80. The van der Waals surface area contributed by atoms with E-state index in [9.17, 15) is 9.59 Å². The summed E-state index contributed by atoms with van der Waals surface area (Å²) in [6, 6.07) is 3.80. The summed E-state index contributed by atoms with van der Waals surface area (Å²) < 4.78 is 7.15. The van der Waals surface area contributed by atoms with Crippen LogP contribution in [0.2, 0.25) is 0 Å². The number of anilines is 1. The van der Waals surface area contributed by atoms with Crippen molar-refractivity contribution in [2.24, 2.45) is 0 Å². The monoisotopic (exact) mass is 473 g/mol. The zero-order chi connectivity index (χ0) is 22.8. The van der Waals surface area contributed by atoms with Crippen LogP contribution in [0.25, 0.3) is 11.7 Å². The second-order valence-corrected chi connectivity index (χ2v) is 9.73. The van der Waals surface area contributed by atoms with E-state index in [1.165, 1.54) is 11.8 Å². The van der Waals surface area contributed by atoms with E-state index >= 15 is 0 Å². The third-order valence-electron chi connectivity index (χ3n) is 5.67. The molecule has 0 spiro atoms.